The van der Waals surface area contributed by atoms with Crippen molar-refractivity contribution in [2.45, 2.75) is 12.8 Å². The van der Waals surface area contributed by atoms with Gasteiger partial charge in [0.25, 0.3) is 0 Å². The fourth-order valence-corrected chi connectivity index (χ4v) is 3.32. The van der Waals surface area contributed by atoms with Crippen LogP contribution in [0.4, 0.5) is 0 Å². The number of carbonyl (C=O) groups excluding carboxylic acids is 1. The lowest BCUT2D eigenvalue weighted by Gasteiger charge is -2.26. The molecule has 2 heterocycles. The number of allylic oxidation sites excluding steroid dienone is 1. The van der Waals surface area contributed by atoms with Gasteiger partial charge in [-0.25, -0.2) is 4.79 Å². The molecular weight excluding hydrogens is 384 g/mol. The maximum Gasteiger partial charge on any atom is 0.379 e. The second-order valence-electron chi connectivity index (χ2n) is 6.49. The summed E-state index contributed by atoms with van der Waals surface area (Å²) in [5.74, 6) is 0.489. The summed E-state index contributed by atoms with van der Waals surface area (Å²) in [5.41, 5.74) is 7.94. The zero-order chi connectivity index (χ0) is 21.1. The summed E-state index contributed by atoms with van der Waals surface area (Å²) in [6.07, 6.45) is 1.39. The lowest BCUT2D eigenvalue weighted by Crippen LogP contribution is -2.21. The third-order valence-electron chi connectivity index (χ3n) is 4.65. The first-order valence-electron chi connectivity index (χ1n) is 9.30. The zero-order valence-electron chi connectivity index (χ0n) is 16.1. The number of nitrogens with two attached hydrogens (primary N) is 1. The van der Waals surface area contributed by atoms with E-state index in [0.717, 1.165) is 16.9 Å². The van der Waals surface area contributed by atoms with Gasteiger partial charge in [-0.3, -0.25) is 0 Å². The van der Waals surface area contributed by atoms with Crippen molar-refractivity contribution in [3.8, 4) is 23.3 Å². The second kappa shape index (κ2) is 8.05. The molecule has 0 amide bonds. The first-order chi connectivity index (χ1) is 14.6. The summed E-state index contributed by atoms with van der Waals surface area (Å²) in [5, 5.41) is 9.66. The Kier molecular flexibility index (Phi) is 5.14. The lowest BCUT2D eigenvalue weighted by atomic mass is 9.83. The molecule has 4 rings (SSSR count). The maximum absolute atomic E-state index is 12.1. The van der Waals surface area contributed by atoms with Crippen LogP contribution in [0.25, 0.3) is 0 Å². The van der Waals surface area contributed by atoms with Crippen LogP contribution in [0, 0.1) is 11.3 Å². The minimum absolute atomic E-state index is 0.0124. The number of ether oxygens (including phenoxy) is 3. The molecule has 1 atom stereocenters. The molecule has 1 aliphatic rings. The van der Waals surface area contributed by atoms with Gasteiger partial charge in [0.1, 0.15) is 28.9 Å². The second-order valence-corrected chi connectivity index (χ2v) is 6.49. The highest BCUT2D eigenvalue weighted by Gasteiger charge is 2.31. The lowest BCUT2D eigenvalue weighted by molar-refractivity contribution is 0.0701. The molecule has 0 aliphatic carbocycles. The van der Waals surface area contributed by atoms with Crippen LogP contribution in [0.5, 0.6) is 17.2 Å². The standard InChI is InChI=1S/C23H18N2O5/c1-2-27-15-7-5-14(6-8-15)21-17-10-9-16(29-23(26)19-4-3-11-28-19)12-20(17)30-22(25)18(21)13-24/h3-12,21H,2,25H2,1H3. The van der Waals surface area contributed by atoms with Gasteiger partial charge in [0.05, 0.1) is 18.8 Å². The number of esters is 1. The van der Waals surface area contributed by atoms with E-state index >= 15 is 0 Å². The molecule has 30 heavy (non-hydrogen) atoms. The molecule has 0 saturated heterocycles. The molecule has 150 valence electrons. The molecule has 0 fully saturated rings. The molecule has 3 aromatic rings. The predicted octanol–water partition coefficient (Wildman–Crippen LogP) is 4.12. The number of rotatable bonds is 5. The van der Waals surface area contributed by atoms with Crippen molar-refractivity contribution in [1.29, 1.82) is 5.26 Å². The van der Waals surface area contributed by atoms with E-state index in [-0.39, 0.29) is 17.4 Å². The normalized spacial score (nSPS) is 15.0. The molecule has 2 aromatic carbocycles. The van der Waals surface area contributed by atoms with E-state index in [4.69, 9.17) is 24.4 Å². The first kappa shape index (κ1) is 19.2. The molecule has 0 saturated carbocycles. The van der Waals surface area contributed by atoms with Crippen LogP contribution in [-0.2, 0) is 0 Å². The van der Waals surface area contributed by atoms with E-state index in [1.165, 1.54) is 12.3 Å². The topological polar surface area (TPSA) is 108 Å². The van der Waals surface area contributed by atoms with Crippen LogP contribution in [0.1, 0.15) is 34.5 Å². The Balaban J connectivity index is 1.68. The van der Waals surface area contributed by atoms with Gasteiger partial charge in [-0.1, -0.05) is 18.2 Å². The van der Waals surface area contributed by atoms with Crippen molar-refractivity contribution in [2.75, 3.05) is 6.61 Å². The van der Waals surface area contributed by atoms with Gasteiger partial charge in [-0.2, -0.15) is 5.26 Å². The van der Waals surface area contributed by atoms with Crippen molar-refractivity contribution in [3.63, 3.8) is 0 Å². The zero-order valence-corrected chi connectivity index (χ0v) is 16.1. The fraction of sp³-hybridized carbons (Fsp3) is 0.130. The molecule has 1 unspecified atom stereocenters. The molecule has 2 N–H and O–H groups in total. The Labute approximate surface area is 172 Å². The fourth-order valence-electron chi connectivity index (χ4n) is 3.32. The Hall–Kier alpha value is -4.18. The molecule has 0 bridgehead atoms. The highest BCUT2D eigenvalue weighted by Crippen LogP contribution is 2.43. The van der Waals surface area contributed by atoms with Gasteiger partial charge in [-0.05, 0) is 42.8 Å². The van der Waals surface area contributed by atoms with Crippen LogP contribution < -0.4 is 19.9 Å². The van der Waals surface area contributed by atoms with Crippen molar-refractivity contribution in [1.82, 2.24) is 0 Å². The number of nitrogens with zero attached hydrogens (tertiary/aromatic N) is 1. The minimum Gasteiger partial charge on any atom is -0.494 e. The van der Waals surface area contributed by atoms with Crippen LogP contribution in [-0.4, -0.2) is 12.6 Å². The first-order valence-corrected chi connectivity index (χ1v) is 9.30. The number of benzene rings is 2. The van der Waals surface area contributed by atoms with E-state index in [1.54, 1.807) is 24.3 Å². The maximum atomic E-state index is 12.1. The van der Waals surface area contributed by atoms with Gasteiger partial charge >= 0.3 is 5.97 Å². The predicted molar refractivity (Wildman–Crippen MR) is 107 cm³/mol. The number of furan rings is 1. The van der Waals surface area contributed by atoms with E-state index in [9.17, 15) is 10.1 Å². The highest BCUT2D eigenvalue weighted by molar-refractivity contribution is 5.88. The van der Waals surface area contributed by atoms with E-state index in [1.807, 2.05) is 31.2 Å². The molecule has 1 aromatic heterocycles. The monoisotopic (exact) mass is 402 g/mol. The van der Waals surface area contributed by atoms with Crippen LogP contribution in [0.2, 0.25) is 0 Å². The van der Waals surface area contributed by atoms with E-state index in [0.29, 0.717) is 17.9 Å². The van der Waals surface area contributed by atoms with Gasteiger partial charge in [-0.15, -0.1) is 0 Å². The molecule has 1 aliphatic heterocycles. The van der Waals surface area contributed by atoms with Crippen molar-refractivity contribution >= 4 is 5.97 Å². The Bertz CT molecular complexity index is 1140. The summed E-state index contributed by atoms with van der Waals surface area (Å²) in [4.78, 5) is 12.1. The number of carbonyl (C=O) groups is 1. The molecule has 0 spiro atoms. The average molecular weight is 402 g/mol. The molecule has 7 heteroatoms. The van der Waals surface area contributed by atoms with Gasteiger partial charge in [0.2, 0.25) is 11.6 Å². The third kappa shape index (κ3) is 3.59. The van der Waals surface area contributed by atoms with Gasteiger partial charge in [0.15, 0.2) is 0 Å². The van der Waals surface area contributed by atoms with Gasteiger partial charge < -0.3 is 24.4 Å². The Morgan fingerprint density at radius 2 is 1.93 bits per heavy atom. The summed E-state index contributed by atoms with van der Waals surface area (Å²) in [6.45, 7) is 2.48. The highest BCUT2D eigenvalue weighted by atomic mass is 16.5. The van der Waals surface area contributed by atoms with Crippen LogP contribution >= 0.6 is 0 Å². The number of nitriles is 1. The van der Waals surface area contributed by atoms with Crippen molar-refractivity contribution in [3.05, 3.63) is 89.2 Å². The largest absolute Gasteiger partial charge is 0.494 e. The Morgan fingerprint density at radius 1 is 1.17 bits per heavy atom. The number of hydrogen-bond donors (Lipinski definition) is 1. The molecule has 7 nitrogen and oxygen atoms in total. The summed E-state index contributed by atoms with van der Waals surface area (Å²) < 4.78 is 21.5. The summed E-state index contributed by atoms with van der Waals surface area (Å²) in [6, 6.07) is 17.7. The average Bonchev–Trinajstić information content (AvgIpc) is 3.29. The number of hydrogen-bond acceptors (Lipinski definition) is 7. The summed E-state index contributed by atoms with van der Waals surface area (Å²) >= 11 is 0. The smallest absolute Gasteiger partial charge is 0.379 e. The van der Waals surface area contributed by atoms with Crippen molar-refractivity contribution < 1.29 is 23.4 Å². The number of fused-ring (bicyclic) bond motifs is 1. The molecule has 0 radical (unpaired) electrons. The Morgan fingerprint density at radius 3 is 2.60 bits per heavy atom. The molecular formula is C23H18N2O5. The minimum atomic E-state index is -0.625. The van der Waals surface area contributed by atoms with Crippen molar-refractivity contribution in [2.24, 2.45) is 5.73 Å². The van der Waals surface area contributed by atoms with Crippen LogP contribution in [0.15, 0.2) is 76.7 Å². The van der Waals surface area contributed by atoms with E-state index in [2.05, 4.69) is 6.07 Å². The van der Waals surface area contributed by atoms with Gasteiger partial charge in [0, 0.05) is 11.6 Å². The quantitative estimate of drug-likeness (QED) is 0.505. The summed E-state index contributed by atoms with van der Waals surface area (Å²) in [7, 11) is 0. The SMILES string of the molecule is CCOc1ccc(C2C(C#N)=C(N)Oc3cc(OC(=O)c4ccco4)ccc32)cc1. The van der Waals surface area contributed by atoms with Crippen LogP contribution in [0.3, 0.4) is 0 Å². The third-order valence-corrected chi connectivity index (χ3v) is 4.65. The van der Waals surface area contributed by atoms with E-state index < -0.39 is 11.9 Å².